The molecular formula is C52H44Ir2N4-4. The van der Waals surface area contributed by atoms with E-state index in [2.05, 4.69) is 56.3 Å². The molecule has 0 fully saturated rings. The van der Waals surface area contributed by atoms with Gasteiger partial charge in [0, 0.05) is 81.0 Å². The Balaban J connectivity index is 0.000000450. The molecule has 0 atom stereocenters. The first-order valence-corrected chi connectivity index (χ1v) is 17.8. The standard InChI is InChI=1S/2C15H10N.2C11H8N.2Ir.4H2/c2*1-2-7-13(8-3-1)15-14-9-5-4-6-12(14)10-11-16-15;2*1-2-6-10(7-3-1)11-8-4-5-9-12-11;;;;;;/h2*1-7,9-11H;2*1-6,8-9H;;;4*1H/q4*-1;;;;;;/i2*2D;2D,5D;5D;;;4*1+1D. The topological polar surface area (TPSA) is 51.6 Å². The van der Waals surface area contributed by atoms with E-state index in [9.17, 15) is 0 Å². The number of nitrogens with zero attached hydrogens (tertiary/aromatic N) is 4. The van der Waals surface area contributed by atoms with Crippen LogP contribution >= 0.6 is 0 Å². The van der Waals surface area contributed by atoms with Gasteiger partial charge in [-0.15, -0.1) is 144 Å². The van der Waals surface area contributed by atoms with Crippen LogP contribution in [0.15, 0.2) is 219 Å². The van der Waals surface area contributed by atoms with Crippen molar-refractivity contribution in [3.63, 3.8) is 0 Å². The van der Waals surface area contributed by atoms with Crippen molar-refractivity contribution in [3.05, 3.63) is 243 Å². The molecule has 0 N–H and O–H groups in total. The molecule has 0 bridgehead atoms. The summed E-state index contributed by atoms with van der Waals surface area (Å²) in [5.74, 6) is 0. The number of hydrogen-bond acceptors (Lipinski definition) is 4. The van der Waals surface area contributed by atoms with Gasteiger partial charge in [0.1, 0.15) is 0 Å². The average molecular weight is 1120 g/mol. The second kappa shape index (κ2) is 23.1. The Hall–Kier alpha value is -6.26. The third-order valence-electron chi connectivity index (χ3n) is 8.29. The molecule has 0 saturated heterocycles. The van der Waals surface area contributed by atoms with Crippen LogP contribution < -0.4 is 0 Å². The van der Waals surface area contributed by atoms with Crippen LogP contribution in [0.3, 0.4) is 0 Å². The van der Waals surface area contributed by atoms with Gasteiger partial charge in [0.05, 0.1) is 2.74 Å². The normalized spacial score (nSPS) is 11.6. The number of aromatic nitrogens is 4. The Morgan fingerprint density at radius 3 is 1.21 bits per heavy atom. The van der Waals surface area contributed by atoms with Crippen LogP contribution in [-0.4, -0.2) is 19.9 Å². The molecule has 0 aliphatic rings. The fourth-order valence-corrected chi connectivity index (χ4v) is 5.66. The van der Waals surface area contributed by atoms with Crippen LogP contribution in [0.5, 0.6) is 0 Å². The van der Waals surface area contributed by atoms with E-state index < -0.39 is 0 Å². The van der Waals surface area contributed by atoms with Crippen LogP contribution in [0, 0.1) is 24.3 Å². The first-order chi connectivity index (χ1) is 33.8. The van der Waals surface area contributed by atoms with Gasteiger partial charge in [-0.2, -0.15) is 0 Å². The zero-order valence-corrected chi connectivity index (χ0v) is 35.6. The first kappa shape index (κ1) is 31.8. The predicted octanol–water partition coefficient (Wildman–Crippen LogP) is 13.5. The van der Waals surface area contributed by atoms with Crippen LogP contribution in [0.25, 0.3) is 66.6 Å². The fraction of sp³-hybridized carbons (Fsp3) is 0. The number of hydrogen-bond donors (Lipinski definition) is 0. The van der Waals surface area contributed by atoms with E-state index in [1.54, 1.807) is 85.2 Å². The Bertz CT molecular complexity index is 2890. The van der Waals surface area contributed by atoms with Crippen LogP contribution in [-0.2, 0) is 40.2 Å². The van der Waals surface area contributed by atoms with E-state index in [0.29, 0.717) is 30.2 Å². The molecule has 0 saturated carbocycles. The molecule has 0 amide bonds. The van der Waals surface area contributed by atoms with Gasteiger partial charge in [0.25, 0.3) is 0 Å². The van der Waals surface area contributed by atoms with Gasteiger partial charge in [0.2, 0.25) is 0 Å². The minimum Gasteiger partial charge on any atom is -0.305 e. The molecule has 0 aliphatic heterocycles. The summed E-state index contributed by atoms with van der Waals surface area (Å²) in [7, 11) is 0. The monoisotopic (exact) mass is 1120 g/mol. The van der Waals surface area contributed by atoms with Crippen molar-refractivity contribution in [2.45, 2.75) is 0 Å². The summed E-state index contributed by atoms with van der Waals surface area (Å²) in [5, 5.41) is 4.50. The zero-order chi connectivity index (χ0) is 50.4. The van der Waals surface area contributed by atoms with Gasteiger partial charge < -0.3 is 19.9 Å². The summed E-state index contributed by atoms with van der Waals surface area (Å²) in [6, 6.07) is 65.0. The predicted molar refractivity (Wildman–Crippen MR) is 238 cm³/mol. The van der Waals surface area contributed by atoms with Crippen molar-refractivity contribution in [1.82, 2.24) is 19.9 Å². The van der Waals surface area contributed by atoms with Gasteiger partial charge in [-0.05, 0) is 68.5 Å². The quantitative estimate of drug-likeness (QED) is 0.165. The van der Waals surface area contributed by atoms with Crippen molar-refractivity contribution in [3.8, 4) is 45.0 Å². The maximum Gasteiger partial charge on any atom is 0.0638 e. The van der Waals surface area contributed by atoms with Gasteiger partial charge in [-0.1, -0.05) is 72.8 Å². The maximum absolute atomic E-state index is 7.65. The summed E-state index contributed by atoms with van der Waals surface area (Å²) >= 11 is 0. The van der Waals surface area contributed by atoms with E-state index >= 15 is 0 Å². The molecule has 58 heavy (non-hydrogen) atoms. The van der Waals surface area contributed by atoms with Crippen molar-refractivity contribution < 1.29 is 58.9 Å². The maximum atomic E-state index is 7.65. The van der Waals surface area contributed by atoms with Crippen molar-refractivity contribution in [1.29, 1.82) is 0 Å². The minimum atomic E-state index is 0. The van der Waals surface area contributed by atoms with Crippen molar-refractivity contribution >= 4 is 21.5 Å². The van der Waals surface area contributed by atoms with Crippen molar-refractivity contribution in [2.75, 3.05) is 0 Å². The smallest absolute Gasteiger partial charge is 0.0638 e. The Morgan fingerprint density at radius 1 is 0.362 bits per heavy atom. The Morgan fingerprint density at radius 2 is 0.776 bits per heavy atom. The minimum absolute atomic E-state index is 0. The molecule has 0 aliphatic carbocycles. The van der Waals surface area contributed by atoms with E-state index in [1.807, 2.05) is 78.9 Å². The van der Waals surface area contributed by atoms with Gasteiger partial charge in [-0.25, -0.2) is 0 Å². The second-order valence-corrected chi connectivity index (χ2v) is 11.9. The molecule has 4 heterocycles. The summed E-state index contributed by atoms with van der Waals surface area (Å²) in [6.07, 6.45) is 6.61. The SMILES string of the molecule is [2H][2H].[2H][2H].[2H][2H].[2H][2H].[2H]c1cc[c-]c(-c2nccc3ccccc23)c1.[2H]c1cc[c-]c(-c2nccc3ccccc23)c1.[2H]c1ccc(-c2[c-]ccc([2H])c2)nc1.[2H]c1ccc(-c2[c-]cccc2)nc1.[Ir].[Ir]. The van der Waals surface area contributed by atoms with E-state index in [4.69, 9.17) is 18.7 Å². The molecular weight excluding hydrogens is 1070 g/mol. The zero-order valence-electron chi connectivity index (χ0n) is 43.9. The molecule has 2 radical (unpaired) electrons. The molecule has 6 aromatic carbocycles. The number of fused-ring (bicyclic) bond motifs is 2. The molecule has 0 spiro atoms. The second-order valence-electron chi connectivity index (χ2n) is 11.9. The van der Waals surface area contributed by atoms with Crippen LogP contribution in [0.2, 0.25) is 0 Å². The van der Waals surface area contributed by atoms with Gasteiger partial charge in [-0.3, -0.25) is 0 Å². The summed E-state index contributed by atoms with van der Waals surface area (Å²) < 4.78 is 77.3. The molecule has 10 rings (SSSR count). The third kappa shape index (κ3) is 11.9. The van der Waals surface area contributed by atoms with E-state index in [1.165, 1.54) is 12.4 Å². The van der Waals surface area contributed by atoms with Crippen molar-refractivity contribution in [2.24, 2.45) is 0 Å². The molecule has 0 unspecified atom stereocenters. The number of pyridine rings is 4. The Kier molecular flexibility index (Phi) is 12.6. The largest absolute Gasteiger partial charge is 0.305 e. The number of rotatable bonds is 4. The van der Waals surface area contributed by atoms with E-state index in [-0.39, 0.29) is 40.2 Å². The van der Waals surface area contributed by atoms with Gasteiger partial charge >= 0.3 is 0 Å². The molecule has 4 nitrogen and oxygen atoms in total. The summed E-state index contributed by atoms with van der Waals surface area (Å²) in [4.78, 5) is 17.0. The Labute approximate surface area is 386 Å². The fourth-order valence-electron chi connectivity index (χ4n) is 5.66. The van der Waals surface area contributed by atoms with Crippen LogP contribution in [0.1, 0.15) is 18.7 Å². The average Bonchev–Trinajstić information content (AvgIpc) is 3.42. The first-order valence-electron chi connectivity index (χ1n) is 24.3. The molecule has 4 aromatic heterocycles. The summed E-state index contributed by atoms with van der Waals surface area (Å²) in [6.45, 7) is 0. The third-order valence-corrected chi connectivity index (χ3v) is 8.29. The summed E-state index contributed by atoms with van der Waals surface area (Å²) in [5.41, 5.74) is 6.87. The van der Waals surface area contributed by atoms with Gasteiger partial charge in [0.15, 0.2) is 0 Å². The van der Waals surface area contributed by atoms with E-state index in [0.717, 1.165) is 66.6 Å². The van der Waals surface area contributed by atoms with Crippen LogP contribution in [0.4, 0.5) is 0 Å². The molecule has 294 valence electrons. The molecule has 10 aromatic rings. The molecule has 6 heteroatoms. The number of benzene rings is 6.